The van der Waals surface area contributed by atoms with Gasteiger partial charge in [-0.15, -0.1) is 0 Å². The van der Waals surface area contributed by atoms with Gasteiger partial charge in [0, 0.05) is 0 Å². The van der Waals surface area contributed by atoms with Gasteiger partial charge in [0.05, 0.1) is 10.6 Å². The lowest BCUT2D eigenvalue weighted by molar-refractivity contribution is 0.180. The number of hydrogen-bond donors (Lipinski definition) is 1. The molecule has 1 N–H and O–H groups in total. The molecule has 1 unspecified atom stereocenters. The fourth-order valence-electron chi connectivity index (χ4n) is 1.58. The predicted molar refractivity (Wildman–Crippen MR) is 47.4 cm³/mol. The average molecular weight is 231 g/mol. The van der Waals surface area contributed by atoms with E-state index in [0.29, 0.717) is 10.9 Å². The van der Waals surface area contributed by atoms with Gasteiger partial charge < -0.3 is 5.11 Å². The zero-order valence-electron chi connectivity index (χ0n) is 6.35. The number of hydrogen-bond acceptors (Lipinski definition) is 1. The minimum atomic E-state index is -0.406. The third-order valence-electron chi connectivity index (χ3n) is 2.23. The van der Waals surface area contributed by atoms with Crippen LogP contribution in [0.1, 0.15) is 23.7 Å². The summed E-state index contributed by atoms with van der Waals surface area (Å²) in [6, 6.07) is 3.16. The average Bonchev–Trinajstić information content (AvgIpc) is 2.35. The molecule has 0 heterocycles. The van der Waals surface area contributed by atoms with Gasteiger partial charge in [0.1, 0.15) is 5.82 Å². The van der Waals surface area contributed by atoms with E-state index in [1.54, 1.807) is 6.07 Å². The molecule has 1 aromatic rings. The zero-order valence-corrected chi connectivity index (χ0v) is 7.94. The highest BCUT2D eigenvalue weighted by molar-refractivity contribution is 9.10. The van der Waals surface area contributed by atoms with Gasteiger partial charge in [-0.2, -0.15) is 0 Å². The Balaban J connectivity index is 2.56. The molecule has 1 aliphatic rings. The monoisotopic (exact) mass is 230 g/mol. The molecule has 0 aromatic heterocycles. The van der Waals surface area contributed by atoms with E-state index >= 15 is 0 Å². The van der Waals surface area contributed by atoms with E-state index in [0.717, 1.165) is 17.5 Å². The largest absolute Gasteiger partial charge is 0.388 e. The Labute approximate surface area is 78.3 Å². The van der Waals surface area contributed by atoms with E-state index in [9.17, 15) is 9.50 Å². The molecule has 12 heavy (non-hydrogen) atoms. The van der Waals surface area contributed by atoms with Gasteiger partial charge in [-0.3, -0.25) is 0 Å². The second kappa shape index (κ2) is 2.82. The molecule has 0 saturated heterocycles. The SMILES string of the molecule is OC1CCc2cc(F)c(Br)cc21. The maximum absolute atomic E-state index is 13.0. The quantitative estimate of drug-likeness (QED) is 0.727. The molecule has 0 amide bonds. The first-order valence-electron chi connectivity index (χ1n) is 3.84. The molecular formula is C9H8BrFO. The lowest BCUT2D eigenvalue weighted by Gasteiger charge is -2.04. The molecule has 64 valence electrons. The topological polar surface area (TPSA) is 20.2 Å². The highest BCUT2D eigenvalue weighted by Gasteiger charge is 2.21. The van der Waals surface area contributed by atoms with Crippen LogP contribution in [0.15, 0.2) is 16.6 Å². The van der Waals surface area contributed by atoms with Crippen LogP contribution in [0.5, 0.6) is 0 Å². The number of benzene rings is 1. The summed E-state index contributed by atoms with van der Waals surface area (Å²) < 4.78 is 13.4. The summed E-state index contributed by atoms with van der Waals surface area (Å²) in [7, 11) is 0. The Bertz CT molecular complexity index is 325. The summed E-state index contributed by atoms with van der Waals surface area (Å²) in [5.41, 5.74) is 1.80. The van der Waals surface area contributed by atoms with Crippen LogP contribution in [0.2, 0.25) is 0 Å². The van der Waals surface area contributed by atoms with Gasteiger partial charge in [0.15, 0.2) is 0 Å². The van der Waals surface area contributed by atoms with Crippen molar-refractivity contribution in [3.05, 3.63) is 33.5 Å². The van der Waals surface area contributed by atoms with Gasteiger partial charge in [0.2, 0.25) is 0 Å². The predicted octanol–water partition coefficient (Wildman–Crippen LogP) is 2.57. The summed E-state index contributed by atoms with van der Waals surface area (Å²) >= 11 is 3.09. The summed E-state index contributed by atoms with van der Waals surface area (Å²) in [6.07, 6.45) is 1.09. The van der Waals surface area contributed by atoms with Crippen LogP contribution in [-0.4, -0.2) is 5.11 Å². The third kappa shape index (κ3) is 1.17. The Kier molecular flexibility index (Phi) is 1.93. The maximum atomic E-state index is 13.0. The Morgan fingerprint density at radius 2 is 2.25 bits per heavy atom. The van der Waals surface area contributed by atoms with Crippen LogP contribution in [-0.2, 0) is 6.42 Å². The lowest BCUT2D eigenvalue weighted by atomic mass is 10.1. The van der Waals surface area contributed by atoms with E-state index in [-0.39, 0.29) is 5.82 Å². The molecule has 0 aliphatic heterocycles. The van der Waals surface area contributed by atoms with Gasteiger partial charge >= 0.3 is 0 Å². The van der Waals surface area contributed by atoms with Gasteiger partial charge in [0.25, 0.3) is 0 Å². The van der Waals surface area contributed by atoms with E-state index in [1.807, 2.05) is 0 Å². The summed E-state index contributed by atoms with van der Waals surface area (Å²) in [6.45, 7) is 0. The summed E-state index contributed by atoms with van der Waals surface area (Å²) in [5, 5.41) is 9.45. The minimum Gasteiger partial charge on any atom is -0.388 e. The normalized spacial score (nSPS) is 21.1. The molecule has 0 radical (unpaired) electrons. The first-order chi connectivity index (χ1) is 5.68. The smallest absolute Gasteiger partial charge is 0.137 e. The second-order valence-electron chi connectivity index (χ2n) is 3.02. The summed E-state index contributed by atoms with van der Waals surface area (Å²) in [5.74, 6) is -0.247. The number of aryl methyl sites for hydroxylation is 1. The molecule has 1 nitrogen and oxygen atoms in total. The van der Waals surface area contributed by atoms with Crippen molar-refractivity contribution in [2.24, 2.45) is 0 Å². The van der Waals surface area contributed by atoms with E-state index in [2.05, 4.69) is 15.9 Å². The van der Waals surface area contributed by atoms with Crippen molar-refractivity contribution in [3.8, 4) is 0 Å². The van der Waals surface area contributed by atoms with Crippen LogP contribution >= 0.6 is 15.9 Å². The van der Waals surface area contributed by atoms with Crippen LogP contribution in [0.4, 0.5) is 4.39 Å². The van der Waals surface area contributed by atoms with Crippen molar-refractivity contribution in [2.45, 2.75) is 18.9 Å². The fourth-order valence-corrected chi connectivity index (χ4v) is 1.94. The number of aliphatic hydroxyl groups excluding tert-OH is 1. The van der Waals surface area contributed by atoms with Crippen molar-refractivity contribution in [1.29, 1.82) is 0 Å². The van der Waals surface area contributed by atoms with Crippen molar-refractivity contribution in [2.75, 3.05) is 0 Å². The molecule has 0 spiro atoms. The molecule has 0 bridgehead atoms. The molecule has 0 saturated carbocycles. The van der Waals surface area contributed by atoms with Crippen LogP contribution in [0.3, 0.4) is 0 Å². The highest BCUT2D eigenvalue weighted by atomic mass is 79.9. The highest BCUT2D eigenvalue weighted by Crippen LogP contribution is 2.34. The molecule has 2 rings (SSSR count). The number of halogens is 2. The first-order valence-corrected chi connectivity index (χ1v) is 4.63. The van der Waals surface area contributed by atoms with Gasteiger partial charge in [-0.1, -0.05) is 0 Å². The number of aliphatic hydroxyl groups is 1. The van der Waals surface area contributed by atoms with E-state index in [1.165, 1.54) is 6.07 Å². The van der Waals surface area contributed by atoms with Gasteiger partial charge in [-0.05, 0) is 52.0 Å². The van der Waals surface area contributed by atoms with Crippen LogP contribution < -0.4 is 0 Å². The van der Waals surface area contributed by atoms with Crippen molar-refractivity contribution in [1.82, 2.24) is 0 Å². The van der Waals surface area contributed by atoms with Crippen molar-refractivity contribution < 1.29 is 9.50 Å². The fraction of sp³-hybridized carbons (Fsp3) is 0.333. The van der Waals surface area contributed by atoms with Crippen LogP contribution in [0, 0.1) is 5.82 Å². The van der Waals surface area contributed by atoms with E-state index in [4.69, 9.17) is 0 Å². The molecule has 0 fully saturated rings. The Morgan fingerprint density at radius 1 is 1.50 bits per heavy atom. The molecule has 1 atom stereocenters. The minimum absolute atomic E-state index is 0.247. The molecular weight excluding hydrogens is 223 g/mol. The Morgan fingerprint density at radius 3 is 3.00 bits per heavy atom. The first kappa shape index (κ1) is 8.20. The van der Waals surface area contributed by atoms with E-state index < -0.39 is 6.10 Å². The van der Waals surface area contributed by atoms with Gasteiger partial charge in [-0.25, -0.2) is 4.39 Å². The number of fused-ring (bicyclic) bond motifs is 1. The van der Waals surface area contributed by atoms with Crippen LogP contribution in [0.25, 0.3) is 0 Å². The van der Waals surface area contributed by atoms with Crippen molar-refractivity contribution in [3.63, 3.8) is 0 Å². The molecule has 1 aromatic carbocycles. The standard InChI is InChI=1S/C9H8BrFO/c10-7-4-6-5(3-8(7)11)1-2-9(6)12/h3-4,9,12H,1-2H2. The maximum Gasteiger partial charge on any atom is 0.137 e. The summed E-state index contributed by atoms with van der Waals surface area (Å²) in [4.78, 5) is 0. The Hall–Kier alpha value is -0.410. The zero-order chi connectivity index (χ0) is 8.72. The second-order valence-corrected chi connectivity index (χ2v) is 3.87. The molecule has 3 heteroatoms. The van der Waals surface area contributed by atoms with Crippen molar-refractivity contribution >= 4 is 15.9 Å². The molecule has 1 aliphatic carbocycles. The third-order valence-corrected chi connectivity index (χ3v) is 2.84. The lowest BCUT2D eigenvalue weighted by Crippen LogP contribution is -1.91. The number of rotatable bonds is 0.